The van der Waals surface area contributed by atoms with E-state index in [1.54, 1.807) is 23.9 Å². The summed E-state index contributed by atoms with van der Waals surface area (Å²) in [5.74, 6) is -1.94. The summed E-state index contributed by atoms with van der Waals surface area (Å²) in [7, 11) is 1.77. The zero-order valence-corrected chi connectivity index (χ0v) is 14.7. The molecule has 1 amide bonds. The van der Waals surface area contributed by atoms with E-state index in [9.17, 15) is 18.0 Å². The fourth-order valence-electron chi connectivity index (χ4n) is 2.82. The van der Waals surface area contributed by atoms with Crippen molar-refractivity contribution in [3.63, 3.8) is 0 Å². The molecule has 0 saturated heterocycles. The summed E-state index contributed by atoms with van der Waals surface area (Å²) in [6.07, 6.45) is 2.44. The van der Waals surface area contributed by atoms with Gasteiger partial charge in [-0.3, -0.25) is 9.48 Å². The number of rotatable bonds is 6. The lowest BCUT2D eigenvalue weighted by Gasteiger charge is -2.06. The van der Waals surface area contributed by atoms with E-state index < -0.39 is 11.6 Å². The van der Waals surface area contributed by atoms with Crippen LogP contribution in [0.25, 0.3) is 11.3 Å². The van der Waals surface area contributed by atoms with Gasteiger partial charge in [0.25, 0.3) is 0 Å². The minimum absolute atomic E-state index is 0.0470. The fraction of sp³-hybridized carbons (Fsp3) is 0.200. The molecule has 1 heterocycles. The topological polar surface area (TPSA) is 46.9 Å². The van der Waals surface area contributed by atoms with E-state index in [1.807, 2.05) is 6.20 Å². The summed E-state index contributed by atoms with van der Waals surface area (Å²) in [6.45, 7) is 0.0470. The summed E-state index contributed by atoms with van der Waals surface area (Å²) in [5.41, 5.74) is 2.67. The number of aryl methyl sites for hydroxylation is 2. The van der Waals surface area contributed by atoms with Gasteiger partial charge in [-0.05, 0) is 53.9 Å². The van der Waals surface area contributed by atoms with Crippen molar-refractivity contribution in [2.45, 2.75) is 19.4 Å². The van der Waals surface area contributed by atoms with Crippen molar-refractivity contribution in [1.29, 1.82) is 0 Å². The van der Waals surface area contributed by atoms with Gasteiger partial charge in [-0.15, -0.1) is 0 Å². The van der Waals surface area contributed by atoms with Gasteiger partial charge in [0.05, 0.1) is 5.69 Å². The molecule has 0 bridgehead atoms. The standard InChI is InChI=1S/C20H18F3N3O/c1-26-12-15(20(25-26)14-2-5-16(21)6-3-14)4-7-19(27)24-11-13-8-17(22)10-18(23)9-13/h2-3,5-6,8-10,12H,4,7,11H2,1H3,(H,24,27). The lowest BCUT2D eigenvalue weighted by atomic mass is 10.0. The van der Waals surface area contributed by atoms with Crippen molar-refractivity contribution in [1.82, 2.24) is 15.1 Å². The largest absolute Gasteiger partial charge is 0.352 e. The maximum atomic E-state index is 13.2. The van der Waals surface area contributed by atoms with Crippen molar-refractivity contribution in [2.75, 3.05) is 0 Å². The lowest BCUT2D eigenvalue weighted by Crippen LogP contribution is -2.23. The normalized spacial score (nSPS) is 10.8. The molecule has 27 heavy (non-hydrogen) atoms. The average molecular weight is 373 g/mol. The van der Waals surface area contributed by atoms with Crippen molar-refractivity contribution >= 4 is 5.91 Å². The van der Waals surface area contributed by atoms with Crippen LogP contribution in [0.4, 0.5) is 13.2 Å². The van der Waals surface area contributed by atoms with Gasteiger partial charge < -0.3 is 5.32 Å². The van der Waals surface area contributed by atoms with E-state index in [0.717, 1.165) is 17.2 Å². The molecule has 0 aliphatic rings. The Morgan fingerprint density at radius 3 is 2.37 bits per heavy atom. The zero-order chi connectivity index (χ0) is 19.4. The Labute approximate surface area is 154 Å². The summed E-state index contributed by atoms with van der Waals surface area (Å²) >= 11 is 0. The number of hydrogen-bond donors (Lipinski definition) is 1. The van der Waals surface area contributed by atoms with E-state index in [0.29, 0.717) is 17.7 Å². The fourth-order valence-corrected chi connectivity index (χ4v) is 2.82. The molecule has 3 rings (SSSR count). The molecule has 1 N–H and O–H groups in total. The number of nitrogens with zero attached hydrogens (tertiary/aromatic N) is 2. The molecule has 0 aliphatic heterocycles. The van der Waals surface area contributed by atoms with E-state index in [1.165, 1.54) is 24.3 Å². The third-order valence-electron chi connectivity index (χ3n) is 4.06. The third kappa shape index (κ3) is 4.97. The number of aromatic nitrogens is 2. The number of carbonyl (C=O) groups excluding carboxylic acids is 1. The molecule has 0 aliphatic carbocycles. The van der Waals surface area contributed by atoms with Gasteiger partial charge >= 0.3 is 0 Å². The average Bonchev–Trinajstić information content (AvgIpc) is 2.99. The molecule has 140 valence electrons. The second-order valence-electron chi connectivity index (χ2n) is 6.24. The van der Waals surface area contributed by atoms with Gasteiger partial charge in [-0.2, -0.15) is 5.10 Å². The van der Waals surface area contributed by atoms with Gasteiger partial charge in [0.2, 0.25) is 5.91 Å². The number of nitrogens with one attached hydrogen (secondary N) is 1. The van der Waals surface area contributed by atoms with E-state index >= 15 is 0 Å². The van der Waals surface area contributed by atoms with Crippen molar-refractivity contribution in [2.24, 2.45) is 7.05 Å². The minimum Gasteiger partial charge on any atom is -0.352 e. The first-order valence-corrected chi connectivity index (χ1v) is 8.41. The molecule has 0 unspecified atom stereocenters. The Morgan fingerprint density at radius 2 is 1.70 bits per heavy atom. The predicted molar refractivity (Wildman–Crippen MR) is 95.1 cm³/mol. The molecule has 4 nitrogen and oxygen atoms in total. The third-order valence-corrected chi connectivity index (χ3v) is 4.06. The molecule has 0 atom stereocenters. The molecule has 0 radical (unpaired) electrons. The number of hydrogen-bond acceptors (Lipinski definition) is 2. The van der Waals surface area contributed by atoms with Gasteiger partial charge in [0, 0.05) is 37.8 Å². The molecule has 1 aromatic heterocycles. The molecular formula is C20H18F3N3O. The number of benzene rings is 2. The van der Waals surface area contributed by atoms with Crippen LogP contribution in [0, 0.1) is 17.5 Å². The van der Waals surface area contributed by atoms with Crippen LogP contribution >= 0.6 is 0 Å². The first-order chi connectivity index (χ1) is 12.9. The Bertz CT molecular complexity index is 931. The van der Waals surface area contributed by atoms with Crippen molar-refractivity contribution < 1.29 is 18.0 Å². The smallest absolute Gasteiger partial charge is 0.220 e. The second kappa shape index (κ2) is 8.07. The number of halogens is 3. The first-order valence-electron chi connectivity index (χ1n) is 8.41. The first kappa shape index (κ1) is 18.7. The number of carbonyl (C=O) groups is 1. The van der Waals surface area contributed by atoms with Crippen molar-refractivity contribution in [3.8, 4) is 11.3 Å². The van der Waals surface area contributed by atoms with Crippen LogP contribution in [0.5, 0.6) is 0 Å². The van der Waals surface area contributed by atoms with Gasteiger partial charge in [0.15, 0.2) is 0 Å². The van der Waals surface area contributed by atoms with E-state index in [-0.39, 0.29) is 24.7 Å². The molecule has 7 heteroatoms. The van der Waals surface area contributed by atoms with Crippen LogP contribution in [0.1, 0.15) is 17.5 Å². The molecule has 3 aromatic rings. The molecule has 0 saturated carbocycles. The Kier molecular flexibility index (Phi) is 5.59. The maximum Gasteiger partial charge on any atom is 0.220 e. The summed E-state index contributed by atoms with van der Waals surface area (Å²) in [6, 6.07) is 9.13. The molecule has 0 fully saturated rings. The maximum absolute atomic E-state index is 13.2. The quantitative estimate of drug-likeness (QED) is 0.715. The SMILES string of the molecule is Cn1cc(CCC(=O)NCc2cc(F)cc(F)c2)c(-c2ccc(F)cc2)n1. The van der Waals surface area contributed by atoms with Crippen LogP contribution < -0.4 is 5.32 Å². The Morgan fingerprint density at radius 1 is 1.04 bits per heavy atom. The monoisotopic (exact) mass is 373 g/mol. The Balaban J connectivity index is 1.61. The van der Waals surface area contributed by atoms with Crippen molar-refractivity contribution in [3.05, 3.63) is 77.2 Å². The molecule has 0 spiro atoms. The van der Waals surface area contributed by atoms with Gasteiger partial charge in [0.1, 0.15) is 17.5 Å². The lowest BCUT2D eigenvalue weighted by molar-refractivity contribution is -0.121. The van der Waals surface area contributed by atoms with Crippen LogP contribution in [0.3, 0.4) is 0 Å². The molecular weight excluding hydrogens is 355 g/mol. The highest BCUT2D eigenvalue weighted by Crippen LogP contribution is 2.23. The van der Waals surface area contributed by atoms with Crippen LogP contribution in [-0.4, -0.2) is 15.7 Å². The Hall–Kier alpha value is -3.09. The highest BCUT2D eigenvalue weighted by molar-refractivity contribution is 5.76. The van der Waals surface area contributed by atoms with Crippen LogP contribution in [0.15, 0.2) is 48.7 Å². The van der Waals surface area contributed by atoms with Gasteiger partial charge in [-0.25, -0.2) is 13.2 Å². The van der Waals surface area contributed by atoms with Crippen LogP contribution in [0.2, 0.25) is 0 Å². The highest BCUT2D eigenvalue weighted by Gasteiger charge is 2.12. The van der Waals surface area contributed by atoms with Gasteiger partial charge in [-0.1, -0.05) is 0 Å². The zero-order valence-electron chi connectivity index (χ0n) is 14.7. The summed E-state index contributed by atoms with van der Waals surface area (Å²) in [4.78, 5) is 12.1. The predicted octanol–water partition coefficient (Wildman–Crippen LogP) is 3.75. The minimum atomic E-state index is -0.682. The van der Waals surface area contributed by atoms with E-state index in [4.69, 9.17) is 0 Å². The summed E-state index contributed by atoms with van der Waals surface area (Å²) in [5, 5.41) is 7.03. The van der Waals surface area contributed by atoms with E-state index in [2.05, 4.69) is 10.4 Å². The van der Waals surface area contributed by atoms with Crippen LogP contribution in [-0.2, 0) is 24.8 Å². The second-order valence-corrected chi connectivity index (χ2v) is 6.24. The molecule has 2 aromatic carbocycles. The summed E-state index contributed by atoms with van der Waals surface area (Å²) < 4.78 is 41.1. The number of amides is 1. The highest BCUT2D eigenvalue weighted by atomic mass is 19.1.